The quantitative estimate of drug-likeness (QED) is 0.823. The molecule has 1 heterocycles. The fourth-order valence-corrected chi connectivity index (χ4v) is 2.35. The zero-order valence-corrected chi connectivity index (χ0v) is 12.4. The van der Waals surface area contributed by atoms with Crippen LogP contribution in [-0.4, -0.2) is 32.8 Å². The summed E-state index contributed by atoms with van der Waals surface area (Å²) >= 11 is 0. The molecule has 1 unspecified atom stereocenters. The van der Waals surface area contributed by atoms with Gasteiger partial charge in [0, 0.05) is 13.1 Å². The first-order chi connectivity index (χ1) is 10.0. The maximum atomic E-state index is 12.3. The molecule has 0 saturated heterocycles. The Morgan fingerprint density at radius 1 is 1.29 bits per heavy atom. The number of fused-ring (bicyclic) bond motifs is 1. The fourth-order valence-electron chi connectivity index (χ4n) is 2.35. The highest BCUT2D eigenvalue weighted by Gasteiger charge is 2.14. The van der Waals surface area contributed by atoms with Gasteiger partial charge in [-0.2, -0.15) is 0 Å². The van der Waals surface area contributed by atoms with Crippen LogP contribution in [0.4, 0.5) is 0 Å². The van der Waals surface area contributed by atoms with Crippen molar-refractivity contribution in [3.8, 4) is 0 Å². The molecule has 6 nitrogen and oxygen atoms in total. The number of aliphatic hydroxyl groups is 1. The first-order valence-electron chi connectivity index (χ1n) is 7.17. The van der Waals surface area contributed by atoms with E-state index in [0.29, 0.717) is 19.5 Å². The molecule has 6 heteroatoms. The van der Waals surface area contributed by atoms with Gasteiger partial charge >= 0.3 is 5.69 Å². The smallest absolute Gasteiger partial charge is 0.329 e. The van der Waals surface area contributed by atoms with Gasteiger partial charge in [-0.05, 0) is 32.4 Å². The number of aryl methyl sites for hydroxylation is 1. The lowest BCUT2D eigenvalue weighted by atomic mass is 10.3. The number of para-hydroxylation sites is 2. The van der Waals surface area contributed by atoms with Crippen molar-refractivity contribution in [3.63, 3.8) is 0 Å². The van der Waals surface area contributed by atoms with Crippen molar-refractivity contribution in [3.05, 3.63) is 34.7 Å². The fraction of sp³-hybridized carbons (Fsp3) is 0.467. The zero-order valence-electron chi connectivity index (χ0n) is 12.4. The van der Waals surface area contributed by atoms with Crippen molar-refractivity contribution in [2.45, 2.75) is 39.5 Å². The van der Waals surface area contributed by atoms with Crippen LogP contribution in [0.15, 0.2) is 29.1 Å². The second kappa shape index (κ2) is 6.58. The molecular weight excluding hydrogens is 270 g/mol. The normalized spacial score (nSPS) is 12.5. The topological polar surface area (TPSA) is 76.3 Å². The average Bonchev–Trinajstić information content (AvgIpc) is 2.71. The number of amides is 1. The molecule has 2 N–H and O–H groups in total. The largest absolute Gasteiger partial charge is 0.393 e. The lowest BCUT2D eigenvalue weighted by Crippen LogP contribution is -2.34. The van der Waals surface area contributed by atoms with E-state index in [9.17, 15) is 9.59 Å². The molecule has 0 aliphatic heterocycles. The molecule has 0 spiro atoms. The van der Waals surface area contributed by atoms with E-state index in [-0.39, 0.29) is 18.1 Å². The molecule has 1 aromatic carbocycles. The van der Waals surface area contributed by atoms with Crippen molar-refractivity contribution in [1.29, 1.82) is 0 Å². The number of aromatic nitrogens is 2. The lowest BCUT2D eigenvalue weighted by Gasteiger charge is -2.07. The summed E-state index contributed by atoms with van der Waals surface area (Å²) in [7, 11) is 0. The van der Waals surface area contributed by atoms with Crippen LogP contribution >= 0.6 is 0 Å². The third kappa shape index (κ3) is 3.33. The zero-order chi connectivity index (χ0) is 15.4. The summed E-state index contributed by atoms with van der Waals surface area (Å²) in [5.41, 5.74) is 1.42. The monoisotopic (exact) mass is 291 g/mol. The van der Waals surface area contributed by atoms with E-state index in [1.807, 2.05) is 31.2 Å². The molecule has 0 fully saturated rings. The first-order valence-corrected chi connectivity index (χ1v) is 7.17. The maximum absolute atomic E-state index is 12.3. The third-order valence-electron chi connectivity index (χ3n) is 3.43. The van der Waals surface area contributed by atoms with Crippen molar-refractivity contribution in [2.24, 2.45) is 0 Å². The van der Waals surface area contributed by atoms with Gasteiger partial charge in [0.1, 0.15) is 6.54 Å². The van der Waals surface area contributed by atoms with Crippen LogP contribution < -0.4 is 11.0 Å². The van der Waals surface area contributed by atoms with Crippen LogP contribution in [-0.2, 0) is 17.9 Å². The molecule has 0 aliphatic rings. The number of nitrogens with zero attached hydrogens (tertiary/aromatic N) is 2. The van der Waals surface area contributed by atoms with Gasteiger partial charge < -0.3 is 10.4 Å². The van der Waals surface area contributed by atoms with E-state index >= 15 is 0 Å². The number of rotatable bonds is 6. The van der Waals surface area contributed by atoms with E-state index < -0.39 is 6.10 Å². The van der Waals surface area contributed by atoms with Crippen LogP contribution in [0.3, 0.4) is 0 Å². The highest BCUT2D eigenvalue weighted by atomic mass is 16.3. The lowest BCUT2D eigenvalue weighted by molar-refractivity contribution is -0.121. The van der Waals surface area contributed by atoms with E-state index in [0.717, 1.165) is 11.0 Å². The summed E-state index contributed by atoms with van der Waals surface area (Å²) in [4.78, 5) is 24.3. The molecule has 1 atom stereocenters. The van der Waals surface area contributed by atoms with Crippen molar-refractivity contribution in [2.75, 3.05) is 6.54 Å². The molecule has 2 rings (SSSR count). The minimum atomic E-state index is -0.449. The average molecular weight is 291 g/mol. The van der Waals surface area contributed by atoms with Crippen molar-refractivity contribution in [1.82, 2.24) is 14.5 Å². The summed E-state index contributed by atoms with van der Waals surface area (Å²) in [6.45, 7) is 4.53. The molecule has 0 radical (unpaired) electrons. The number of aliphatic hydroxyl groups excluding tert-OH is 1. The Hall–Kier alpha value is -2.08. The molecular formula is C15H21N3O3. The predicted molar refractivity (Wildman–Crippen MR) is 81.2 cm³/mol. The van der Waals surface area contributed by atoms with Crippen LogP contribution in [0.1, 0.15) is 20.3 Å². The molecule has 2 aromatic rings. The summed E-state index contributed by atoms with van der Waals surface area (Å²) in [5, 5.41) is 11.9. The number of carbonyl (C=O) groups is 1. The van der Waals surface area contributed by atoms with Crippen molar-refractivity contribution >= 4 is 16.9 Å². The van der Waals surface area contributed by atoms with E-state index in [1.165, 1.54) is 4.57 Å². The van der Waals surface area contributed by atoms with Gasteiger partial charge in [-0.25, -0.2) is 4.79 Å². The van der Waals surface area contributed by atoms with Gasteiger partial charge in [0.25, 0.3) is 0 Å². The number of carbonyl (C=O) groups excluding carboxylic acids is 1. The molecule has 1 amide bonds. The van der Waals surface area contributed by atoms with E-state index in [1.54, 1.807) is 11.5 Å². The summed E-state index contributed by atoms with van der Waals surface area (Å²) in [5.74, 6) is -0.225. The molecule has 0 aliphatic carbocycles. The van der Waals surface area contributed by atoms with Gasteiger partial charge in [-0.3, -0.25) is 13.9 Å². The number of hydrogen-bond acceptors (Lipinski definition) is 3. The number of hydrogen-bond donors (Lipinski definition) is 2. The van der Waals surface area contributed by atoms with Gasteiger partial charge in [0.05, 0.1) is 17.1 Å². The molecule has 1 aromatic heterocycles. The maximum Gasteiger partial charge on any atom is 0.329 e. The highest BCUT2D eigenvalue weighted by Crippen LogP contribution is 2.12. The molecule has 0 saturated carbocycles. The van der Waals surface area contributed by atoms with Gasteiger partial charge in [-0.15, -0.1) is 0 Å². The van der Waals surface area contributed by atoms with E-state index in [2.05, 4.69) is 5.32 Å². The van der Waals surface area contributed by atoms with Gasteiger partial charge in [0.2, 0.25) is 5.91 Å². The Kier molecular flexibility index (Phi) is 4.80. The Bertz CT molecular complexity index is 685. The van der Waals surface area contributed by atoms with Crippen LogP contribution in [0.2, 0.25) is 0 Å². The standard InChI is InChI=1S/C15H21N3O3/c1-3-17-12-6-4-5-7-13(12)18(15(17)21)10-14(20)16-9-8-11(2)19/h4-7,11,19H,3,8-10H2,1-2H3,(H,16,20). The SMILES string of the molecule is CCn1c(=O)n(CC(=O)NCCC(C)O)c2ccccc21. The Balaban J connectivity index is 2.20. The van der Waals surface area contributed by atoms with Gasteiger partial charge in [-0.1, -0.05) is 12.1 Å². The Labute approximate surface area is 123 Å². The summed E-state index contributed by atoms with van der Waals surface area (Å²) < 4.78 is 3.13. The highest BCUT2D eigenvalue weighted by molar-refractivity contribution is 5.80. The number of nitrogens with one attached hydrogen (secondary N) is 1. The third-order valence-corrected chi connectivity index (χ3v) is 3.43. The minimum absolute atomic E-state index is 0.00778. The first kappa shape index (κ1) is 15.3. The number of benzene rings is 1. The second-order valence-electron chi connectivity index (χ2n) is 5.09. The Morgan fingerprint density at radius 3 is 2.48 bits per heavy atom. The number of imidazole rings is 1. The molecule has 114 valence electrons. The minimum Gasteiger partial charge on any atom is -0.393 e. The van der Waals surface area contributed by atoms with Crippen molar-refractivity contribution < 1.29 is 9.90 Å². The molecule has 21 heavy (non-hydrogen) atoms. The summed E-state index contributed by atoms with van der Waals surface area (Å²) in [6.07, 6.45) is 0.0483. The van der Waals surface area contributed by atoms with E-state index in [4.69, 9.17) is 5.11 Å². The van der Waals surface area contributed by atoms with Crippen LogP contribution in [0, 0.1) is 0 Å². The summed E-state index contributed by atoms with van der Waals surface area (Å²) in [6, 6.07) is 7.44. The van der Waals surface area contributed by atoms with Crippen LogP contribution in [0.25, 0.3) is 11.0 Å². The second-order valence-corrected chi connectivity index (χ2v) is 5.09. The Morgan fingerprint density at radius 2 is 1.90 bits per heavy atom. The molecule has 0 bridgehead atoms. The van der Waals surface area contributed by atoms with Crippen LogP contribution in [0.5, 0.6) is 0 Å². The predicted octanol–water partition coefficient (Wildman–Crippen LogP) is 0.710. The van der Waals surface area contributed by atoms with Gasteiger partial charge in [0.15, 0.2) is 0 Å².